The zero-order valence-electron chi connectivity index (χ0n) is 11.2. The first-order chi connectivity index (χ1) is 9.47. The van der Waals surface area contributed by atoms with Gasteiger partial charge in [-0.15, -0.1) is 0 Å². The molecule has 1 aromatic carbocycles. The molecule has 1 N–H and O–H groups in total. The van der Waals surface area contributed by atoms with Gasteiger partial charge in [-0.3, -0.25) is 4.79 Å². The summed E-state index contributed by atoms with van der Waals surface area (Å²) in [4.78, 5) is 15.1. The van der Waals surface area contributed by atoms with Crippen molar-refractivity contribution in [2.24, 2.45) is 0 Å². The van der Waals surface area contributed by atoms with E-state index in [1.54, 1.807) is 0 Å². The summed E-state index contributed by atoms with van der Waals surface area (Å²) in [6.45, 7) is 3.93. The lowest BCUT2D eigenvalue weighted by Crippen LogP contribution is -2.08. The molecule has 0 aliphatic rings. The summed E-state index contributed by atoms with van der Waals surface area (Å²) >= 11 is 7.24. The van der Waals surface area contributed by atoms with Crippen LogP contribution in [0.5, 0.6) is 0 Å². The van der Waals surface area contributed by atoms with E-state index in [2.05, 4.69) is 4.98 Å². The number of carboxylic acid groups (broad SMARTS) is 1. The smallest absolute Gasteiger partial charge is 0.313 e. The number of carbonyl (C=O) groups is 1. The lowest BCUT2D eigenvalue weighted by Gasteiger charge is -2.16. The topological polar surface area (TPSA) is 55.1 Å². The van der Waals surface area contributed by atoms with E-state index in [0.717, 1.165) is 11.3 Å². The highest BCUT2D eigenvalue weighted by atomic mass is 35.5. The van der Waals surface area contributed by atoms with E-state index in [0.29, 0.717) is 10.2 Å². The average Bonchev–Trinajstić information content (AvgIpc) is 2.76. The molecule has 0 aliphatic carbocycles. The van der Waals surface area contributed by atoms with Crippen molar-refractivity contribution in [1.29, 1.82) is 0 Å². The number of benzene rings is 1. The van der Waals surface area contributed by atoms with Crippen molar-refractivity contribution in [1.82, 2.24) is 9.55 Å². The summed E-state index contributed by atoms with van der Waals surface area (Å²) in [6, 6.07) is 7.69. The highest BCUT2D eigenvalue weighted by Gasteiger charge is 2.15. The highest BCUT2D eigenvalue weighted by Crippen LogP contribution is 2.27. The molecule has 1 atom stereocenters. The summed E-state index contributed by atoms with van der Waals surface area (Å²) in [5, 5.41) is 10.2. The van der Waals surface area contributed by atoms with Gasteiger partial charge in [0, 0.05) is 11.2 Å². The number of hydrogen-bond acceptors (Lipinski definition) is 3. The lowest BCUT2D eigenvalue weighted by molar-refractivity contribution is -0.133. The first kappa shape index (κ1) is 14.9. The minimum Gasteiger partial charge on any atom is -0.481 e. The van der Waals surface area contributed by atoms with E-state index >= 15 is 0 Å². The second kappa shape index (κ2) is 6.33. The van der Waals surface area contributed by atoms with Crippen LogP contribution >= 0.6 is 23.4 Å². The van der Waals surface area contributed by atoms with Crippen molar-refractivity contribution >= 4 is 29.3 Å². The predicted octanol–water partition coefficient (Wildman–Crippen LogP) is 3.63. The van der Waals surface area contributed by atoms with E-state index in [1.165, 1.54) is 11.8 Å². The molecular weight excluding hydrogens is 296 g/mol. The fourth-order valence-corrected chi connectivity index (χ4v) is 2.95. The zero-order valence-corrected chi connectivity index (χ0v) is 12.8. The van der Waals surface area contributed by atoms with Crippen LogP contribution in [0, 0.1) is 6.92 Å². The van der Waals surface area contributed by atoms with Crippen LogP contribution in [-0.2, 0) is 4.79 Å². The Morgan fingerprint density at radius 1 is 1.55 bits per heavy atom. The molecule has 0 radical (unpaired) electrons. The van der Waals surface area contributed by atoms with Gasteiger partial charge in [-0.1, -0.05) is 35.5 Å². The maximum Gasteiger partial charge on any atom is 0.313 e. The molecule has 20 heavy (non-hydrogen) atoms. The Labute approximate surface area is 126 Å². The quantitative estimate of drug-likeness (QED) is 0.857. The Kier molecular flexibility index (Phi) is 4.73. The number of rotatable bonds is 5. The van der Waals surface area contributed by atoms with Crippen LogP contribution in [0.2, 0.25) is 5.02 Å². The number of halogens is 1. The normalized spacial score (nSPS) is 12.3. The van der Waals surface area contributed by atoms with E-state index in [-0.39, 0.29) is 11.8 Å². The summed E-state index contributed by atoms with van der Waals surface area (Å²) in [6.07, 6.45) is 1.93. The van der Waals surface area contributed by atoms with Crippen molar-refractivity contribution in [3.63, 3.8) is 0 Å². The molecule has 106 valence electrons. The van der Waals surface area contributed by atoms with Gasteiger partial charge < -0.3 is 9.67 Å². The van der Waals surface area contributed by atoms with E-state index in [9.17, 15) is 4.79 Å². The van der Waals surface area contributed by atoms with Crippen LogP contribution in [0.25, 0.3) is 0 Å². The van der Waals surface area contributed by atoms with Crippen molar-refractivity contribution in [2.75, 3.05) is 5.75 Å². The first-order valence-corrected chi connectivity index (χ1v) is 7.49. The van der Waals surface area contributed by atoms with Gasteiger partial charge in [0.1, 0.15) is 0 Å². The predicted molar refractivity (Wildman–Crippen MR) is 80.6 cm³/mol. The highest BCUT2D eigenvalue weighted by molar-refractivity contribution is 7.99. The Balaban J connectivity index is 2.29. The Morgan fingerprint density at radius 2 is 2.30 bits per heavy atom. The molecule has 0 saturated carbocycles. The molecule has 0 amide bonds. The van der Waals surface area contributed by atoms with E-state index in [4.69, 9.17) is 16.7 Å². The molecule has 0 fully saturated rings. The number of hydrogen-bond donors (Lipinski definition) is 1. The summed E-state index contributed by atoms with van der Waals surface area (Å²) in [5.74, 6) is -0.851. The van der Waals surface area contributed by atoms with Gasteiger partial charge in [-0.05, 0) is 31.5 Å². The van der Waals surface area contributed by atoms with Crippen LogP contribution in [0.4, 0.5) is 0 Å². The monoisotopic (exact) mass is 310 g/mol. The molecule has 1 aromatic heterocycles. The van der Waals surface area contributed by atoms with Crippen LogP contribution in [0.3, 0.4) is 0 Å². The number of carboxylic acids is 1. The Morgan fingerprint density at radius 3 is 2.95 bits per heavy atom. The molecule has 0 bridgehead atoms. The SMILES string of the molecule is Cc1cn(C(C)c2cccc(Cl)c2)c(SCC(=O)O)n1. The molecule has 1 heterocycles. The number of aliphatic carboxylic acids is 1. The lowest BCUT2D eigenvalue weighted by atomic mass is 10.1. The number of aryl methyl sites for hydroxylation is 1. The maximum atomic E-state index is 10.7. The second-order valence-electron chi connectivity index (χ2n) is 4.49. The summed E-state index contributed by atoms with van der Waals surface area (Å²) in [5.41, 5.74) is 1.93. The minimum atomic E-state index is -0.849. The molecule has 6 heteroatoms. The fourth-order valence-electron chi connectivity index (χ4n) is 1.93. The van der Waals surface area contributed by atoms with Crippen molar-refractivity contribution in [3.05, 3.63) is 46.7 Å². The third-order valence-electron chi connectivity index (χ3n) is 2.89. The minimum absolute atomic E-state index is 0.00127. The largest absolute Gasteiger partial charge is 0.481 e. The Bertz CT molecular complexity index is 627. The molecular formula is C14H15ClN2O2S. The van der Waals surface area contributed by atoms with Gasteiger partial charge in [0.05, 0.1) is 17.5 Å². The van der Waals surface area contributed by atoms with E-state index < -0.39 is 5.97 Å². The maximum absolute atomic E-state index is 10.7. The summed E-state index contributed by atoms with van der Waals surface area (Å²) in [7, 11) is 0. The standard InChI is InChI=1S/C14H15ClN2O2S/c1-9-7-17(14(16-9)20-8-13(18)19)10(2)11-4-3-5-12(15)6-11/h3-7,10H,8H2,1-2H3,(H,18,19). The summed E-state index contributed by atoms with van der Waals surface area (Å²) < 4.78 is 1.98. The van der Waals surface area contributed by atoms with Gasteiger partial charge in [0.15, 0.2) is 5.16 Å². The van der Waals surface area contributed by atoms with Crippen molar-refractivity contribution in [2.45, 2.75) is 25.0 Å². The zero-order chi connectivity index (χ0) is 14.7. The molecule has 1 unspecified atom stereocenters. The number of imidazole rings is 1. The van der Waals surface area contributed by atoms with Gasteiger partial charge >= 0.3 is 5.97 Å². The van der Waals surface area contributed by atoms with Gasteiger partial charge in [-0.2, -0.15) is 0 Å². The van der Waals surface area contributed by atoms with Crippen LogP contribution < -0.4 is 0 Å². The number of thioether (sulfide) groups is 1. The molecule has 0 spiro atoms. The van der Waals surface area contributed by atoms with Crippen LogP contribution in [0.15, 0.2) is 35.6 Å². The molecule has 0 aliphatic heterocycles. The first-order valence-electron chi connectivity index (χ1n) is 6.13. The average molecular weight is 311 g/mol. The van der Waals surface area contributed by atoms with Crippen molar-refractivity contribution < 1.29 is 9.90 Å². The molecule has 0 saturated heterocycles. The van der Waals surface area contributed by atoms with Gasteiger partial charge in [-0.25, -0.2) is 4.98 Å². The molecule has 4 nitrogen and oxygen atoms in total. The molecule has 2 rings (SSSR count). The van der Waals surface area contributed by atoms with Crippen LogP contribution in [0.1, 0.15) is 24.2 Å². The van der Waals surface area contributed by atoms with E-state index in [1.807, 2.05) is 48.9 Å². The van der Waals surface area contributed by atoms with Gasteiger partial charge in [0.2, 0.25) is 0 Å². The number of aromatic nitrogens is 2. The fraction of sp³-hybridized carbons (Fsp3) is 0.286. The Hall–Kier alpha value is -1.46. The second-order valence-corrected chi connectivity index (χ2v) is 5.86. The molecule has 2 aromatic rings. The van der Waals surface area contributed by atoms with Crippen LogP contribution in [-0.4, -0.2) is 26.4 Å². The van der Waals surface area contributed by atoms with Crippen molar-refractivity contribution in [3.8, 4) is 0 Å². The third kappa shape index (κ3) is 3.55. The van der Waals surface area contributed by atoms with Gasteiger partial charge in [0.25, 0.3) is 0 Å². The number of nitrogens with zero attached hydrogens (tertiary/aromatic N) is 2. The third-order valence-corrected chi connectivity index (χ3v) is 4.08.